The molecule has 0 bridgehead atoms. The molecule has 4 aromatic rings. The van der Waals surface area contributed by atoms with E-state index in [4.69, 9.17) is 18.6 Å². The van der Waals surface area contributed by atoms with Gasteiger partial charge in [0.05, 0.1) is 19.7 Å². The van der Waals surface area contributed by atoms with E-state index in [0.29, 0.717) is 30.2 Å². The number of hydrogen-bond donors (Lipinski definition) is 0. The van der Waals surface area contributed by atoms with E-state index in [1.165, 1.54) is 0 Å². The van der Waals surface area contributed by atoms with E-state index in [-0.39, 0.29) is 5.76 Å². The van der Waals surface area contributed by atoms with Crippen LogP contribution in [0.5, 0.6) is 11.5 Å². The van der Waals surface area contributed by atoms with Crippen LogP contribution in [0.4, 0.5) is 0 Å². The number of benzene rings is 2. The van der Waals surface area contributed by atoms with Gasteiger partial charge in [-0.3, -0.25) is 4.57 Å². The smallest absolute Gasteiger partial charge is 0.419 e. The monoisotopic (exact) mass is 484 g/mol. The lowest BCUT2D eigenvalue weighted by Gasteiger charge is -2.12. The van der Waals surface area contributed by atoms with Gasteiger partial charge in [-0.1, -0.05) is 23.9 Å². The first kappa shape index (κ1) is 23.9. The Hall–Kier alpha value is -3.24. The zero-order valence-corrected chi connectivity index (χ0v) is 20.3. The number of methoxy groups -OCH3 is 3. The van der Waals surface area contributed by atoms with Crippen LogP contribution in [-0.2, 0) is 17.8 Å². The summed E-state index contributed by atoms with van der Waals surface area (Å²) in [6.07, 6.45) is 1.61. The van der Waals surface area contributed by atoms with Gasteiger partial charge in [-0.05, 0) is 43.2 Å². The number of rotatable bonds is 12. The Bertz CT molecular complexity index is 1300. The number of hydrogen-bond acceptors (Lipinski definition) is 8. The van der Waals surface area contributed by atoms with E-state index in [1.807, 2.05) is 36.4 Å². The molecule has 0 saturated carbocycles. The Morgan fingerprint density at radius 1 is 0.941 bits per heavy atom. The van der Waals surface area contributed by atoms with E-state index in [9.17, 15) is 4.79 Å². The fourth-order valence-corrected chi connectivity index (χ4v) is 4.65. The topological polar surface area (TPSA) is 93.5 Å². The van der Waals surface area contributed by atoms with Crippen LogP contribution in [0.1, 0.15) is 12.8 Å². The fraction of sp³-hybridized carbons (Fsp3) is 0.375. The third kappa shape index (κ3) is 5.13. The predicted octanol–water partition coefficient (Wildman–Crippen LogP) is 4.09. The molecule has 0 N–H and O–H groups in total. The highest BCUT2D eigenvalue weighted by molar-refractivity contribution is 7.99. The number of fused-ring (bicyclic) bond motifs is 1. The summed E-state index contributed by atoms with van der Waals surface area (Å²) in [4.78, 5) is 12.2. The molecule has 0 radical (unpaired) electrons. The molecular formula is C24H28N4O5S. The van der Waals surface area contributed by atoms with Gasteiger partial charge in [-0.25, -0.2) is 4.79 Å². The number of oxazole rings is 1. The number of thioether (sulfide) groups is 1. The summed E-state index contributed by atoms with van der Waals surface area (Å²) in [6, 6.07) is 13.2. The number of nitrogens with zero attached hydrogens (tertiary/aromatic N) is 4. The first-order valence-corrected chi connectivity index (χ1v) is 12.0. The van der Waals surface area contributed by atoms with E-state index in [0.717, 1.165) is 47.2 Å². The Kier molecular flexibility index (Phi) is 7.91. The third-order valence-electron chi connectivity index (χ3n) is 5.42. The van der Waals surface area contributed by atoms with E-state index in [1.54, 1.807) is 43.7 Å². The van der Waals surface area contributed by atoms with Gasteiger partial charge < -0.3 is 23.2 Å². The van der Waals surface area contributed by atoms with Crippen molar-refractivity contribution in [2.24, 2.45) is 0 Å². The molecule has 0 amide bonds. The zero-order chi connectivity index (χ0) is 23.9. The van der Waals surface area contributed by atoms with Gasteiger partial charge in [0.15, 0.2) is 28.1 Å². The van der Waals surface area contributed by atoms with Crippen LogP contribution >= 0.6 is 11.8 Å². The van der Waals surface area contributed by atoms with Crippen LogP contribution < -0.4 is 15.2 Å². The molecule has 4 rings (SSSR count). The Balaban J connectivity index is 1.49. The van der Waals surface area contributed by atoms with Gasteiger partial charge in [0.25, 0.3) is 0 Å². The van der Waals surface area contributed by atoms with Gasteiger partial charge in [0, 0.05) is 38.1 Å². The molecule has 0 fully saturated rings. The third-order valence-corrected chi connectivity index (χ3v) is 6.47. The average Bonchev–Trinajstić information content (AvgIpc) is 3.41. The largest absolute Gasteiger partial charge is 0.493 e. The molecule has 0 saturated heterocycles. The summed E-state index contributed by atoms with van der Waals surface area (Å²) >= 11 is 1.62. The average molecular weight is 485 g/mol. The molecule has 0 aliphatic heterocycles. The van der Waals surface area contributed by atoms with Crippen molar-refractivity contribution >= 4 is 22.9 Å². The van der Waals surface area contributed by atoms with Crippen LogP contribution in [0.25, 0.3) is 22.5 Å². The van der Waals surface area contributed by atoms with E-state index < -0.39 is 0 Å². The molecule has 0 atom stereocenters. The van der Waals surface area contributed by atoms with E-state index >= 15 is 0 Å². The van der Waals surface area contributed by atoms with Gasteiger partial charge in [-0.2, -0.15) is 0 Å². The second-order valence-electron chi connectivity index (χ2n) is 7.56. The molecule has 9 nitrogen and oxygen atoms in total. The van der Waals surface area contributed by atoms with Crippen LogP contribution in [0.2, 0.25) is 0 Å². The molecule has 2 heterocycles. The molecule has 34 heavy (non-hydrogen) atoms. The summed E-state index contributed by atoms with van der Waals surface area (Å²) in [5, 5.41) is 9.74. The molecule has 0 aliphatic carbocycles. The van der Waals surface area contributed by atoms with Gasteiger partial charge in [0.2, 0.25) is 0 Å². The second-order valence-corrected chi connectivity index (χ2v) is 8.63. The fourth-order valence-electron chi connectivity index (χ4n) is 3.76. The second kappa shape index (κ2) is 11.3. The van der Waals surface area contributed by atoms with Crippen molar-refractivity contribution in [1.29, 1.82) is 0 Å². The summed E-state index contributed by atoms with van der Waals surface area (Å²) in [5.74, 6) is 2.51. The van der Waals surface area contributed by atoms with Crippen molar-refractivity contribution < 1.29 is 18.6 Å². The normalized spacial score (nSPS) is 11.3. The highest BCUT2D eigenvalue weighted by Gasteiger charge is 2.17. The summed E-state index contributed by atoms with van der Waals surface area (Å²) < 4.78 is 25.1. The van der Waals surface area contributed by atoms with Gasteiger partial charge in [0.1, 0.15) is 0 Å². The zero-order valence-electron chi connectivity index (χ0n) is 19.5. The van der Waals surface area contributed by atoms with Crippen molar-refractivity contribution in [1.82, 2.24) is 19.3 Å². The van der Waals surface area contributed by atoms with Gasteiger partial charge in [-0.15, -0.1) is 10.2 Å². The number of aromatic nitrogens is 4. The Morgan fingerprint density at radius 3 is 2.53 bits per heavy atom. The first-order valence-electron chi connectivity index (χ1n) is 11.0. The minimum absolute atomic E-state index is 0.329. The number of ether oxygens (including phenoxy) is 3. The quantitative estimate of drug-likeness (QED) is 0.219. The van der Waals surface area contributed by atoms with Crippen LogP contribution in [-0.4, -0.2) is 53.0 Å². The maximum atomic E-state index is 12.2. The SMILES string of the molecule is COCCCn1c(SCCCn2c(=O)oc3ccccc32)nnc1-c1ccc(OC)c(OC)c1. The van der Waals surface area contributed by atoms with Crippen molar-refractivity contribution in [2.75, 3.05) is 33.7 Å². The number of para-hydroxylation sites is 2. The first-order chi connectivity index (χ1) is 16.7. The molecule has 180 valence electrons. The van der Waals surface area contributed by atoms with Gasteiger partial charge >= 0.3 is 5.76 Å². The molecule has 10 heteroatoms. The summed E-state index contributed by atoms with van der Waals surface area (Å²) in [5.41, 5.74) is 2.32. The van der Waals surface area contributed by atoms with Crippen LogP contribution in [0, 0.1) is 0 Å². The van der Waals surface area contributed by atoms with Crippen molar-refractivity contribution in [2.45, 2.75) is 31.1 Å². The maximum Gasteiger partial charge on any atom is 0.419 e. The lowest BCUT2D eigenvalue weighted by molar-refractivity contribution is 0.189. The maximum absolute atomic E-state index is 12.2. The highest BCUT2D eigenvalue weighted by atomic mass is 32.2. The molecule has 0 aliphatic rings. The molecular weight excluding hydrogens is 456 g/mol. The van der Waals surface area contributed by atoms with Crippen LogP contribution in [0.15, 0.2) is 56.8 Å². The predicted molar refractivity (Wildman–Crippen MR) is 131 cm³/mol. The summed E-state index contributed by atoms with van der Waals surface area (Å²) in [6.45, 7) is 1.94. The van der Waals surface area contributed by atoms with Crippen LogP contribution in [0.3, 0.4) is 0 Å². The van der Waals surface area contributed by atoms with Crippen molar-refractivity contribution in [3.63, 3.8) is 0 Å². The molecule has 0 unspecified atom stereocenters. The lowest BCUT2D eigenvalue weighted by Crippen LogP contribution is -2.14. The minimum Gasteiger partial charge on any atom is -0.493 e. The Labute approximate surface area is 201 Å². The van der Waals surface area contributed by atoms with Crippen molar-refractivity contribution in [3.8, 4) is 22.9 Å². The molecule has 2 aromatic carbocycles. The summed E-state index contributed by atoms with van der Waals surface area (Å²) in [7, 11) is 4.92. The number of aryl methyl sites for hydroxylation is 1. The standard InChI is InChI=1S/C24H28N4O5S/c1-30-14-6-12-28-22(17-10-11-20(31-2)21(16-17)32-3)25-26-23(28)34-15-7-13-27-18-8-4-5-9-19(18)33-24(27)29/h4-5,8-11,16H,6-7,12-15H2,1-3H3. The van der Waals surface area contributed by atoms with Crippen molar-refractivity contribution in [3.05, 3.63) is 53.0 Å². The minimum atomic E-state index is -0.329. The molecule has 2 aromatic heterocycles. The van der Waals surface area contributed by atoms with E-state index in [2.05, 4.69) is 14.8 Å². The Morgan fingerprint density at radius 2 is 1.74 bits per heavy atom. The lowest BCUT2D eigenvalue weighted by atomic mass is 10.2. The molecule has 0 spiro atoms. The highest BCUT2D eigenvalue weighted by Crippen LogP contribution is 2.33.